The summed E-state index contributed by atoms with van der Waals surface area (Å²) in [5.41, 5.74) is 0.350. The van der Waals surface area contributed by atoms with Gasteiger partial charge in [-0.1, -0.05) is 5.16 Å². The Bertz CT molecular complexity index is 325. The van der Waals surface area contributed by atoms with Crippen LogP contribution in [0.5, 0.6) is 0 Å². The van der Waals surface area contributed by atoms with E-state index in [1.54, 1.807) is 13.0 Å². The molecule has 0 spiro atoms. The van der Waals surface area contributed by atoms with Gasteiger partial charge in [0.25, 0.3) is 0 Å². The highest BCUT2D eigenvalue weighted by molar-refractivity contribution is 5.88. The zero-order valence-electron chi connectivity index (χ0n) is 6.27. The van der Waals surface area contributed by atoms with Crippen molar-refractivity contribution in [3.05, 3.63) is 11.4 Å². The van der Waals surface area contributed by atoms with Crippen molar-refractivity contribution < 1.29 is 14.2 Å². The maximum absolute atomic E-state index is 10.9. The zero-order chi connectivity index (χ0) is 8.97. The van der Waals surface area contributed by atoms with Crippen LogP contribution in [0.1, 0.15) is 16.2 Å². The minimum Gasteiger partial charge on any atom is -0.445 e. The van der Waals surface area contributed by atoms with E-state index in [0.29, 0.717) is 5.69 Å². The molecule has 0 radical (unpaired) electrons. The molecular formula is C6H5N3O3. The third kappa shape index (κ3) is 1.58. The first kappa shape index (κ1) is 8.20. The molecule has 6 nitrogen and oxygen atoms in total. The van der Waals surface area contributed by atoms with E-state index < -0.39 is 5.97 Å². The van der Waals surface area contributed by atoms with E-state index >= 15 is 0 Å². The summed E-state index contributed by atoms with van der Waals surface area (Å²) in [5, 5.41) is 14.8. The van der Waals surface area contributed by atoms with Gasteiger partial charge in [0.15, 0.2) is 6.61 Å². The molecule has 0 atom stereocenters. The van der Waals surface area contributed by atoms with E-state index in [9.17, 15) is 4.79 Å². The quantitative estimate of drug-likeness (QED) is 0.578. The van der Waals surface area contributed by atoms with Crippen molar-refractivity contribution in [1.29, 1.82) is 5.26 Å². The van der Waals surface area contributed by atoms with Gasteiger partial charge in [0.2, 0.25) is 5.69 Å². The molecule has 0 aliphatic heterocycles. The van der Waals surface area contributed by atoms with Crippen LogP contribution >= 0.6 is 0 Å². The standard InChI is InChI=1S/C6H5N3O3/c1-4-5(9-12-8-4)6(10)11-3-2-7/h3H2,1H3. The van der Waals surface area contributed by atoms with Crippen LogP contribution in [0.2, 0.25) is 0 Å². The molecule has 0 saturated carbocycles. The summed E-state index contributed by atoms with van der Waals surface area (Å²) in [6, 6.07) is 1.66. The first-order valence-electron chi connectivity index (χ1n) is 3.09. The zero-order valence-corrected chi connectivity index (χ0v) is 6.27. The number of hydrogen-bond donors (Lipinski definition) is 0. The Labute approximate surface area is 67.7 Å². The molecule has 0 N–H and O–H groups in total. The first-order valence-corrected chi connectivity index (χ1v) is 3.09. The molecule has 0 unspecified atom stereocenters. The number of carbonyl (C=O) groups excluding carboxylic acids is 1. The molecule has 1 aromatic rings. The minimum absolute atomic E-state index is 0.00486. The average Bonchev–Trinajstić information content (AvgIpc) is 2.47. The van der Waals surface area contributed by atoms with E-state index in [4.69, 9.17) is 5.26 Å². The van der Waals surface area contributed by atoms with Crippen LogP contribution < -0.4 is 0 Å². The number of aryl methyl sites for hydroxylation is 1. The average molecular weight is 167 g/mol. The molecule has 0 saturated heterocycles. The molecule has 0 aromatic carbocycles. The predicted molar refractivity (Wildman–Crippen MR) is 34.9 cm³/mol. The minimum atomic E-state index is -0.699. The van der Waals surface area contributed by atoms with Gasteiger partial charge >= 0.3 is 5.97 Å². The second-order valence-corrected chi connectivity index (χ2v) is 1.93. The lowest BCUT2D eigenvalue weighted by atomic mass is 10.3. The molecule has 6 heteroatoms. The molecule has 62 valence electrons. The summed E-state index contributed by atoms with van der Waals surface area (Å²) in [6.45, 7) is 1.25. The molecule has 1 rings (SSSR count). The summed E-state index contributed by atoms with van der Waals surface area (Å²) in [6.07, 6.45) is 0. The molecule has 0 aliphatic rings. The van der Waals surface area contributed by atoms with Crippen LogP contribution in [0.4, 0.5) is 0 Å². The van der Waals surface area contributed by atoms with Gasteiger partial charge in [-0.25, -0.2) is 9.42 Å². The molecule has 0 bridgehead atoms. The predicted octanol–water partition coefficient (Wildman–Crippen LogP) is 0.0584. The smallest absolute Gasteiger partial charge is 0.363 e. The number of aromatic nitrogens is 2. The highest BCUT2D eigenvalue weighted by atomic mass is 16.6. The SMILES string of the molecule is Cc1nonc1C(=O)OCC#N. The monoisotopic (exact) mass is 167 g/mol. The lowest BCUT2D eigenvalue weighted by molar-refractivity contribution is 0.0542. The molecule has 0 amide bonds. The Hall–Kier alpha value is -1.90. The number of nitrogens with zero attached hydrogens (tertiary/aromatic N) is 3. The molecular weight excluding hydrogens is 162 g/mol. The van der Waals surface area contributed by atoms with Gasteiger partial charge in [-0.05, 0) is 12.1 Å². The van der Waals surface area contributed by atoms with E-state index in [2.05, 4.69) is 19.7 Å². The highest BCUT2D eigenvalue weighted by Crippen LogP contribution is 2.01. The van der Waals surface area contributed by atoms with Gasteiger partial charge in [0.1, 0.15) is 11.8 Å². The van der Waals surface area contributed by atoms with Gasteiger partial charge in [-0.2, -0.15) is 5.26 Å². The third-order valence-corrected chi connectivity index (χ3v) is 1.11. The Morgan fingerprint density at radius 3 is 3.00 bits per heavy atom. The van der Waals surface area contributed by atoms with Crippen LogP contribution in [0.25, 0.3) is 0 Å². The summed E-state index contributed by atoms with van der Waals surface area (Å²) in [4.78, 5) is 10.9. The molecule has 1 aromatic heterocycles. The lowest BCUT2D eigenvalue weighted by Crippen LogP contribution is -2.07. The second kappa shape index (κ2) is 3.48. The number of ether oxygens (including phenoxy) is 1. The number of hydrogen-bond acceptors (Lipinski definition) is 6. The second-order valence-electron chi connectivity index (χ2n) is 1.93. The molecule has 0 aliphatic carbocycles. The molecule has 0 fully saturated rings. The van der Waals surface area contributed by atoms with Gasteiger partial charge in [0.05, 0.1) is 0 Å². The topological polar surface area (TPSA) is 89.0 Å². The largest absolute Gasteiger partial charge is 0.445 e. The lowest BCUT2D eigenvalue weighted by Gasteiger charge is -1.93. The van der Waals surface area contributed by atoms with E-state index in [1.807, 2.05) is 0 Å². The fourth-order valence-corrected chi connectivity index (χ4v) is 0.583. The fraction of sp³-hybridized carbons (Fsp3) is 0.333. The van der Waals surface area contributed by atoms with Crippen LogP contribution in [0.3, 0.4) is 0 Å². The number of esters is 1. The summed E-state index contributed by atoms with van der Waals surface area (Å²) < 4.78 is 8.72. The van der Waals surface area contributed by atoms with Gasteiger partial charge in [-0.3, -0.25) is 0 Å². The number of rotatable bonds is 2. The van der Waals surface area contributed by atoms with Gasteiger partial charge in [0, 0.05) is 0 Å². The first-order chi connectivity index (χ1) is 5.75. The highest BCUT2D eigenvalue weighted by Gasteiger charge is 2.15. The number of carbonyl (C=O) groups is 1. The maximum atomic E-state index is 10.9. The Kier molecular flexibility index (Phi) is 2.38. The maximum Gasteiger partial charge on any atom is 0.363 e. The van der Waals surface area contributed by atoms with Crippen LogP contribution in [0.15, 0.2) is 4.63 Å². The molecule has 12 heavy (non-hydrogen) atoms. The van der Waals surface area contributed by atoms with Crippen LogP contribution in [-0.2, 0) is 4.74 Å². The number of nitriles is 1. The Morgan fingerprint density at radius 1 is 1.75 bits per heavy atom. The third-order valence-electron chi connectivity index (χ3n) is 1.11. The van der Waals surface area contributed by atoms with Crippen molar-refractivity contribution in [3.63, 3.8) is 0 Å². The van der Waals surface area contributed by atoms with Crippen molar-refractivity contribution in [2.75, 3.05) is 6.61 Å². The normalized spacial score (nSPS) is 9.00. The van der Waals surface area contributed by atoms with Crippen LogP contribution in [0, 0.1) is 18.3 Å². The van der Waals surface area contributed by atoms with Crippen molar-refractivity contribution in [3.8, 4) is 6.07 Å². The fourth-order valence-electron chi connectivity index (χ4n) is 0.583. The van der Waals surface area contributed by atoms with Gasteiger partial charge in [-0.15, -0.1) is 0 Å². The summed E-state index contributed by atoms with van der Waals surface area (Å²) in [5.74, 6) is -0.699. The van der Waals surface area contributed by atoms with Crippen molar-refractivity contribution in [2.24, 2.45) is 0 Å². The summed E-state index contributed by atoms with van der Waals surface area (Å²) in [7, 11) is 0. The van der Waals surface area contributed by atoms with Crippen molar-refractivity contribution in [2.45, 2.75) is 6.92 Å². The Morgan fingerprint density at radius 2 is 2.50 bits per heavy atom. The van der Waals surface area contributed by atoms with Crippen molar-refractivity contribution in [1.82, 2.24) is 10.3 Å². The van der Waals surface area contributed by atoms with Gasteiger partial charge < -0.3 is 4.74 Å². The van der Waals surface area contributed by atoms with E-state index in [1.165, 1.54) is 0 Å². The summed E-state index contributed by atoms with van der Waals surface area (Å²) >= 11 is 0. The Balaban J connectivity index is 2.67. The van der Waals surface area contributed by atoms with E-state index in [0.717, 1.165) is 0 Å². The molecule has 1 heterocycles. The van der Waals surface area contributed by atoms with Crippen molar-refractivity contribution >= 4 is 5.97 Å². The van der Waals surface area contributed by atoms with E-state index in [-0.39, 0.29) is 12.3 Å². The van der Waals surface area contributed by atoms with Crippen LogP contribution in [-0.4, -0.2) is 22.9 Å².